The maximum atomic E-state index is 9.72. The molecule has 57 valence electrons. The standard InChI is InChI=1S/C7H11O3/c1-3-6(2)4-5-10-7(8)9/h3H,4-5H2,1-2H3. The highest BCUT2D eigenvalue weighted by atomic mass is 16.7. The average molecular weight is 143 g/mol. The van der Waals surface area contributed by atoms with Gasteiger partial charge in [-0.3, -0.25) is 0 Å². The van der Waals surface area contributed by atoms with Gasteiger partial charge in [-0.1, -0.05) is 11.6 Å². The summed E-state index contributed by atoms with van der Waals surface area (Å²) in [4.78, 5) is 9.72. The van der Waals surface area contributed by atoms with Gasteiger partial charge >= 0.3 is 6.16 Å². The second kappa shape index (κ2) is 4.85. The van der Waals surface area contributed by atoms with Crippen molar-refractivity contribution >= 4 is 6.16 Å². The Bertz CT molecular complexity index is 138. The maximum Gasteiger partial charge on any atom is 0.550 e. The van der Waals surface area contributed by atoms with Gasteiger partial charge < -0.3 is 4.74 Å². The van der Waals surface area contributed by atoms with Crippen LogP contribution in [0.5, 0.6) is 0 Å². The minimum absolute atomic E-state index is 0.193. The molecule has 3 nitrogen and oxygen atoms in total. The molecule has 1 radical (unpaired) electrons. The van der Waals surface area contributed by atoms with Crippen molar-refractivity contribution in [1.82, 2.24) is 0 Å². The normalized spacial score (nSPS) is 11.2. The quantitative estimate of drug-likeness (QED) is 0.447. The minimum atomic E-state index is -1.45. The highest BCUT2D eigenvalue weighted by Crippen LogP contribution is 1.98. The number of carbonyl (C=O) groups excluding carboxylic acids is 1. The van der Waals surface area contributed by atoms with Crippen molar-refractivity contribution < 1.29 is 14.6 Å². The number of hydrogen-bond acceptors (Lipinski definition) is 2. The Hall–Kier alpha value is -0.990. The zero-order chi connectivity index (χ0) is 7.98. The summed E-state index contributed by atoms with van der Waals surface area (Å²) in [5, 5.41) is 9.72. The van der Waals surface area contributed by atoms with E-state index in [4.69, 9.17) is 0 Å². The molecule has 0 amide bonds. The molecule has 0 aliphatic heterocycles. The van der Waals surface area contributed by atoms with Crippen LogP contribution in [0.3, 0.4) is 0 Å². The summed E-state index contributed by atoms with van der Waals surface area (Å²) in [6.45, 7) is 4.01. The fourth-order valence-corrected chi connectivity index (χ4v) is 0.440. The summed E-state index contributed by atoms with van der Waals surface area (Å²) >= 11 is 0. The first kappa shape index (κ1) is 9.01. The first-order chi connectivity index (χ1) is 4.66. The van der Waals surface area contributed by atoms with E-state index >= 15 is 0 Å². The molecule has 0 spiro atoms. The van der Waals surface area contributed by atoms with Crippen LogP contribution in [0.2, 0.25) is 0 Å². The van der Waals surface area contributed by atoms with Crippen molar-refractivity contribution in [3.8, 4) is 0 Å². The van der Waals surface area contributed by atoms with Gasteiger partial charge in [0.15, 0.2) is 0 Å². The van der Waals surface area contributed by atoms with Gasteiger partial charge in [-0.25, -0.2) is 0 Å². The second-order valence-electron chi connectivity index (χ2n) is 1.98. The van der Waals surface area contributed by atoms with Crippen LogP contribution in [0, 0.1) is 0 Å². The second-order valence-corrected chi connectivity index (χ2v) is 1.98. The van der Waals surface area contributed by atoms with E-state index in [0.29, 0.717) is 6.42 Å². The number of allylic oxidation sites excluding steroid dienone is 1. The molecule has 0 unspecified atom stereocenters. The fourth-order valence-electron chi connectivity index (χ4n) is 0.440. The van der Waals surface area contributed by atoms with Crippen LogP contribution < -0.4 is 0 Å². The van der Waals surface area contributed by atoms with E-state index < -0.39 is 6.16 Å². The Morgan fingerprint density at radius 3 is 2.60 bits per heavy atom. The van der Waals surface area contributed by atoms with Crippen molar-refractivity contribution in [2.45, 2.75) is 20.3 Å². The zero-order valence-corrected chi connectivity index (χ0v) is 6.22. The smallest absolute Gasteiger partial charge is 0.431 e. The van der Waals surface area contributed by atoms with Gasteiger partial charge in [-0.15, -0.1) is 0 Å². The van der Waals surface area contributed by atoms with E-state index in [1.54, 1.807) is 0 Å². The minimum Gasteiger partial charge on any atom is -0.431 e. The van der Waals surface area contributed by atoms with E-state index in [1.807, 2.05) is 19.9 Å². The first-order valence-electron chi connectivity index (χ1n) is 3.12. The molecule has 0 heterocycles. The lowest BCUT2D eigenvalue weighted by Crippen LogP contribution is -2.00. The SMILES string of the molecule is CC=C(C)CCOC([O])=O. The van der Waals surface area contributed by atoms with Crippen molar-refractivity contribution in [2.75, 3.05) is 6.61 Å². The molecule has 0 saturated carbocycles. The van der Waals surface area contributed by atoms with E-state index in [2.05, 4.69) is 4.74 Å². The van der Waals surface area contributed by atoms with Crippen LogP contribution in [-0.4, -0.2) is 12.8 Å². The van der Waals surface area contributed by atoms with Gasteiger partial charge in [-0.05, 0) is 13.8 Å². The van der Waals surface area contributed by atoms with Crippen LogP contribution in [0.25, 0.3) is 0 Å². The highest BCUT2D eigenvalue weighted by molar-refractivity contribution is 5.56. The Labute approximate surface area is 60.3 Å². The third-order valence-electron chi connectivity index (χ3n) is 1.21. The van der Waals surface area contributed by atoms with Gasteiger partial charge in [0.2, 0.25) is 0 Å². The van der Waals surface area contributed by atoms with E-state index in [1.165, 1.54) is 0 Å². The number of rotatable bonds is 3. The van der Waals surface area contributed by atoms with E-state index in [0.717, 1.165) is 5.57 Å². The monoisotopic (exact) mass is 143 g/mol. The molecule has 0 aromatic carbocycles. The van der Waals surface area contributed by atoms with Crippen molar-refractivity contribution in [3.63, 3.8) is 0 Å². The van der Waals surface area contributed by atoms with Crippen molar-refractivity contribution in [2.24, 2.45) is 0 Å². The number of hydrogen-bond donors (Lipinski definition) is 0. The molecule has 10 heavy (non-hydrogen) atoms. The molecule has 0 rings (SSSR count). The maximum absolute atomic E-state index is 9.72. The summed E-state index contributed by atoms with van der Waals surface area (Å²) in [5.74, 6) is 0. The molecule has 0 aliphatic rings. The van der Waals surface area contributed by atoms with Crippen LogP contribution >= 0.6 is 0 Å². The molecule has 0 aromatic heterocycles. The van der Waals surface area contributed by atoms with Crippen LogP contribution in [-0.2, 0) is 9.84 Å². The Kier molecular flexibility index (Phi) is 4.37. The molecule has 0 aliphatic carbocycles. The Morgan fingerprint density at radius 2 is 2.20 bits per heavy atom. The van der Waals surface area contributed by atoms with Crippen molar-refractivity contribution in [3.05, 3.63) is 11.6 Å². The summed E-state index contributed by atoms with van der Waals surface area (Å²) in [6, 6.07) is 0. The number of ether oxygens (including phenoxy) is 1. The number of carbonyl (C=O) groups is 1. The molecular formula is C7H11O3. The zero-order valence-electron chi connectivity index (χ0n) is 6.22. The molecule has 0 saturated heterocycles. The largest absolute Gasteiger partial charge is 0.550 e. The van der Waals surface area contributed by atoms with Crippen molar-refractivity contribution in [1.29, 1.82) is 0 Å². The van der Waals surface area contributed by atoms with Gasteiger partial charge in [0.25, 0.3) is 0 Å². The van der Waals surface area contributed by atoms with Crippen LogP contribution in [0.15, 0.2) is 11.6 Å². The predicted octanol–water partition coefficient (Wildman–Crippen LogP) is 1.91. The molecule has 3 heteroatoms. The summed E-state index contributed by atoms with van der Waals surface area (Å²) in [7, 11) is 0. The molecule has 0 atom stereocenters. The molecule has 0 bridgehead atoms. The highest BCUT2D eigenvalue weighted by Gasteiger charge is 1.97. The average Bonchev–Trinajstić information content (AvgIpc) is 1.87. The van der Waals surface area contributed by atoms with Crippen LogP contribution in [0.4, 0.5) is 4.79 Å². The summed E-state index contributed by atoms with van der Waals surface area (Å²) < 4.78 is 4.18. The summed E-state index contributed by atoms with van der Waals surface area (Å²) in [6.07, 6.45) is 1.10. The third kappa shape index (κ3) is 5.15. The molecule has 0 aromatic rings. The Balaban J connectivity index is 3.29. The van der Waals surface area contributed by atoms with Gasteiger partial charge in [-0.2, -0.15) is 9.90 Å². The third-order valence-corrected chi connectivity index (χ3v) is 1.21. The summed E-state index contributed by atoms with van der Waals surface area (Å²) in [5.41, 5.74) is 1.11. The van der Waals surface area contributed by atoms with Gasteiger partial charge in [0, 0.05) is 6.42 Å². The predicted molar refractivity (Wildman–Crippen MR) is 36.1 cm³/mol. The van der Waals surface area contributed by atoms with Crippen LogP contribution in [0.1, 0.15) is 20.3 Å². The first-order valence-corrected chi connectivity index (χ1v) is 3.12. The molecular weight excluding hydrogens is 132 g/mol. The topological polar surface area (TPSA) is 46.2 Å². The molecule has 0 fully saturated rings. The molecule has 0 N–H and O–H groups in total. The van der Waals surface area contributed by atoms with E-state index in [9.17, 15) is 9.90 Å². The fraction of sp³-hybridized carbons (Fsp3) is 0.571. The van der Waals surface area contributed by atoms with E-state index in [-0.39, 0.29) is 6.61 Å². The lowest BCUT2D eigenvalue weighted by molar-refractivity contribution is 0.0688. The van der Waals surface area contributed by atoms with Gasteiger partial charge in [0.05, 0.1) is 6.61 Å². The lowest BCUT2D eigenvalue weighted by Gasteiger charge is -1.97. The Morgan fingerprint density at radius 1 is 1.60 bits per heavy atom. The van der Waals surface area contributed by atoms with Gasteiger partial charge in [0.1, 0.15) is 0 Å². The lowest BCUT2D eigenvalue weighted by atomic mass is 10.2.